The first kappa shape index (κ1) is 9.72. The Bertz CT molecular complexity index is 324. The molecule has 1 fully saturated rings. The van der Waals surface area contributed by atoms with Gasteiger partial charge in [0.25, 0.3) is 0 Å². The van der Waals surface area contributed by atoms with Crippen molar-refractivity contribution in [1.29, 1.82) is 0 Å². The van der Waals surface area contributed by atoms with Gasteiger partial charge in [-0.3, -0.25) is 0 Å². The highest BCUT2D eigenvalue weighted by molar-refractivity contribution is 5.33. The standard InChI is InChI=1S/C13H19N/c1-13(2,9-14)12-5-3-4-11(8-12)10-6-7-10/h3-5,8,10H,6-7,9,14H2,1-2H3. The lowest BCUT2D eigenvalue weighted by atomic mass is 9.84. The number of hydrogen-bond acceptors (Lipinski definition) is 1. The fourth-order valence-corrected chi connectivity index (χ4v) is 1.75. The van der Waals surface area contributed by atoms with Crippen LogP contribution in [0.5, 0.6) is 0 Å². The van der Waals surface area contributed by atoms with Crippen molar-refractivity contribution in [2.45, 2.75) is 38.0 Å². The third kappa shape index (κ3) is 1.83. The van der Waals surface area contributed by atoms with Crippen LogP contribution in [0.3, 0.4) is 0 Å². The molecule has 0 amide bonds. The Morgan fingerprint density at radius 1 is 1.36 bits per heavy atom. The molecule has 1 aromatic carbocycles. The van der Waals surface area contributed by atoms with Crippen LogP contribution in [0.1, 0.15) is 43.7 Å². The van der Waals surface area contributed by atoms with E-state index in [1.807, 2.05) is 0 Å². The second kappa shape index (κ2) is 3.39. The minimum Gasteiger partial charge on any atom is -0.330 e. The molecule has 0 bridgehead atoms. The summed E-state index contributed by atoms with van der Waals surface area (Å²) in [5.41, 5.74) is 8.78. The molecule has 0 heterocycles. The maximum Gasteiger partial charge on any atom is 0.00191 e. The molecule has 0 aliphatic heterocycles. The maximum absolute atomic E-state index is 5.78. The summed E-state index contributed by atoms with van der Waals surface area (Å²) >= 11 is 0. The minimum absolute atomic E-state index is 0.116. The van der Waals surface area contributed by atoms with Gasteiger partial charge in [-0.15, -0.1) is 0 Å². The van der Waals surface area contributed by atoms with Gasteiger partial charge in [0.05, 0.1) is 0 Å². The van der Waals surface area contributed by atoms with Crippen molar-refractivity contribution in [2.75, 3.05) is 6.54 Å². The summed E-state index contributed by atoms with van der Waals surface area (Å²) in [7, 11) is 0. The van der Waals surface area contributed by atoms with Gasteiger partial charge in [0.15, 0.2) is 0 Å². The average Bonchev–Trinajstić information content (AvgIpc) is 3.01. The molecule has 1 aromatic rings. The third-order valence-corrected chi connectivity index (χ3v) is 3.23. The largest absolute Gasteiger partial charge is 0.330 e. The number of hydrogen-bond donors (Lipinski definition) is 1. The van der Waals surface area contributed by atoms with E-state index in [2.05, 4.69) is 38.1 Å². The summed E-state index contributed by atoms with van der Waals surface area (Å²) in [4.78, 5) is 0. The van der Waals surface area contributed by atoms with Crippen LogP contribution in [0.25, 0.3) is 0 Å². The summed E-state index contributed by atoms with van der Waals surface area (Å²) in [5.74, 6) is 0.837. The highest BCUT2D eigenvalue weighted by Crippen LogP contribution is 2.41. The molecule has 2 N–H and O–H groups in total. The zero-order chi connectivity index (χ0) is 10.2. The first-order valence-corrected chi connectivity index (χ1v) is 5.44. The normalized spacial score (nSPS) is 17.1. The highest BCUT2D eigenvalue weighted by Gasteiger charge is 2.25. The summed E-state index contributed by atoms with van der Waals surface area (Å²) in [5, 5.41) is 0. The second-order valence-electron chi connectivity index (χ2n) is 4.99. The van der Waals surface area contributed by atoms with Crippen molar-refractivity contribution in [3.8, 4) is 0 Å². The lowest BCUT2D eigenvalue weighted by molar-refractivity contribution is 0.538. The van der Waals surface area contributed by atoms with Crippen LogP contribution in [-0.2, 0) is 5.41 Å². The summed E-state index contributed by atoms with van der Waals surface area (Å²) in [6.07, 6.45) is 2.74. The van der Waals surface area contributed by atoms with E-state index in [4.69, 9.17) is 5.73 Å². The fourth-order valence-electron chi connectivity index (χ4n) is 1.75. The first-order valence-electron chi connectivity index (χ1n) is 5.44. The van der Waals surface area contributed by atoms with E-state index in [9.17, 15) is 0 Å². The number of rotatable bonds is 3. The fraction of sp³-hybridized carbons (Fsp3) is 0.538. The van der Waals surface area contributed by atoms with Crippen LogP contribution >= 0.6 is 0 Å². The van der Waals surface area contributed by atoms with E-state index in [1.165, 1.54) is 24.0 Å². The zero-order valence-corrected chi connectivity index (χ0v) is 9.09. The van der Waals surface area contributed by atoms with Crippen LogP contribution in [0.2, 0.25) is 0 Å². The lowest BCUT2D eigenvalue weighted by Crippen LogP contribution is -2.28. The molecular formula is C13H19N. The molecule has 0 radical (unpaired) electrons. The molecule has 1 aliphatic rings. The van der Waals surface area contributed by atoms with Gasteiger partial charge < -0.3 is 5.73 Å². The van der Waals surface area contributed by atoms with Crippen LogP contribution in [-0.4, -0.2) is 6.54 Å². The molecule has 1 heteroatoms. The predicted molar refractivity (Wildman–Crippen MR) is 60.5 cm³/mol. The Labute approximate surface area is 86.3 Å². The van der Waals surface area contributed by atoms with E-state index >= 15 is 0 Å². The van der Waals surface area contributed by atoms with Crippen molar-refractivity contribution in [3.05, 3.63) is 35.4 Å². The second-order valence-corrected chi connectivity index (χ2v) is 4.99. The van der Waals surface area contributed by atoms with Crippen LogP contribution in [0, 0.1) is 0 Å². The van der Waals surface area contributed by atoms with Crippen molar-refractivity contribution in [1.82, 2.24) is 0 Å². The predicted octanol–water partition coefficient (Wildman–Crippen LogP) is 2.80. The van der Waals surface area contributed by atoms with Gasteiger partial charge in [-0.25, -0.2) is 0 Å². The van der Waals surface area contributed by atoms with E-state index in [0.29, 0.717) is 6.54 Å². The Hall–Kier alpha value is -0.820. The molecular weight excluding hydrogens is 170 g/mol. The van der Waals surface area contributed by atoms with Gasteiger partial charge in [-0.2, -0.15) is 0 Å². The SMILES string of the molecule is CC(C)(CN)c1cccc(C2CC2)c1. The topological polar surface area (TPSA) is 26.0 Å². The molecule has 14 heavy (non-hydrogen) atoms. The monoisotopic (exact) mass is 189 g/mol. The molecule has 76 valence electrons. The van der Waals surface area contributed by atoms with Gasteiger partial charge >= 0.3 is 0 Å². The van der Waals surface area contributed by atoms with Crippen LogP contribution in [0.15, 0.2) is 24.3 Å². The Balaban J connectivity index is 2.29. The highest BCUT2D eigenvalue weighted by atomic mass is 14.6. The molecule has 1 aliphatic carbocycles. The molecule has 0 atom stereocenters. The van der Waals surface area contributed by atoms with Gasteiger partial charge in [-0.05, 0) is 29.9 Å². The van der Waals surface area contributed by atoms with Gasteiger partial charge in [-0.1, -0.05) is 38.1 Å². The van der Waals surface area contributed by atoms with Gasteiger partial charge in [0, 0.05) is 12.0 Å². The Morgan fingerprint density at radius 3 is 2.64 bits per heavy atom. The molecule has 0 saturated heterocycles. The van der Waals surface area contributed by atoms with Crippen LogP contribution in [0.4, 0.5) is 0 Å². The molecule has 1 nitrogen and oxygen atoms in total. The van der Waals surface area contributed by atoms with E-state index in [-0.39, 0.29) is 5.41 Å². The van der Waals surface area contributed by atoms with Crippen LogP contribution < -0.4 is 5.73 Å². The van der Waals surface area contributed by atoms with Crippen molar-refractivity contribution >= 4 is 0 Å². The van der Waals surface area contributed by atoms with E-state index in [1.54, 1.807) is 0 Å². The summed E-state index contributed by atoms with van der Waals surface area (Å²) in [6.45, 7) is 5.12. The van der Waals surface area contributed by atoms with E-state index in [0.717, 1.165) is 5.92 Å². The number of benzene rings is 1. The molecule has 0 spiro atoms. The van der Waals surface area contributed by atoms with Crippen molar-refractivity contribution in [2.24, 2.45) is 5.73 Å². The first-order chi connectivity index (χ1) is 6.63. The zero-order valence-electron chi connectivity index (χ0n) is 9.09. The average molecular weight is 189 g/mol. The smallest absolute Gasteiger partial charge is 0.00191 e. The molecule has 0 aromatic heterocycles. The summed E-state index contributed by atoms with van der Waals surface area (Å²) in [6, 6.07) is 8.94. The lowest BCUT2D eigenvalue weighted by Gasteiger charge is -2.23. The maximum atomic E-state index is 5.78. The minimum atomic E-state index is 0.116. The Kier molecular flexibility index (Phi) is 2.36. The third-order valence-electron chi connectivity index (χ3n) is 3.23. The summed E-state index contributed by atoms with van der Waals surface area (Å²) < 4.78 is 0. The van der Waals surface area contributed by atoms with Gasteiger partial charge in [0.1, 0.15) is 0 Å². The quantitative estimate of drug-likeness (QED) is 0.777. The van der Waals surface area contributed by atoms with Crippen molar-refractivity contribution < 1.29 is 0 Å². The molecule has 0 unspecified atom stereocenters. The molecule has 2 rings (SSSR count). The Morgan fingerprint density at radius 2 is 2.07 bits per heavy atom. The van der Waals surface area contributed by atoms with E-state index < -0.39 is 0 Å². The van der Waals surface area contributed by atoms with Gasteiger partial charge in [0.2, 0.25) is 0 Å². The molecule has 1 saturated carbocycles. The number of nitrogens with two attached hydrogens (primary N) is 1. The van der Waals surface area contributed by atoms with Crippen molar-refractivity contribution in [3.63, 3.8) is 0 Å².